The van der Waals surface area contributed by atoms with Crippen LogP contribution >= 0.6 is 0 Å². The van der Waals surface area contributed by atoms with Crippen LogP contribution in [0.1, 0.15) is 33.1 Å². The van der Waals surface area contributed by atoms with Gasteiger partial charge in [-0.2, -0.15) is 0 Å². The summed E-state index contributed by atoms with van der Waals surface area (Å²) in [6.07, 6.45) is 1.90. The predicted molar refractivity (Wildman–Crippen MR) is 62.6 cm³/mol. The molecular formula is C12H21NO4. The van der Waals surface area contributed by atoms with Gasteiger partial charge in [0.25, 0.3) is 0 Å². The Kier molecular flexibility index (Phi) is 5.41. The maximum absolute atomic E-state index is 11.7. The van der Waals surface area contributed by atoms with Gasteiger partial charge in [-0.3, -0.25) is 9.59 Å². The lowest BCUT2D eigenvalue weighted by Crippen LogP contribution is -2.29. The zero-order valence-corrected chi connectivity index (χ0v) is 10.5. The molecule has 5 nitrogen and oxygen atoms in total. The lowest BCUT2D eigenvalue weighted by molar-refractivity contribution is -0.141. The summed E-state index contributed by atoms with van der Waals surface area (Å²) in [6, 6.07) is 0. The molecule has 0 aromatic carbocycles. The lowest BCUT2D eigenvalue weighted by Gasteiger charge is -2.15. The Bertz CT molecular complexity index is 278. The highest BCUT2D eigenvalue weighted by molar-refractivity contribution is 5.78. The molecule has 0 radical (unpaired) electrons. The number of amides is 1. The summed E-state index contributed by atoms with van der Waals surface area (Å²) >= 11 is 0. The number of carbonyl (C=O) groups is 2. The summed E-state index contributed by atoms with van der Waals surface area (Å²) in [5, 5.41) is 8.83. The largest absolute Gasteiger partial charge is 0.481 e. The number of aliphatic carboxylic acids is 1. The monoisotopic (exact) mass is 243 g/mol. The van der Waals surface area contributed by atoms with E-state index in [-0.39, 0.29) is 17.9 Å². The fraction of sp³-hybridized carbons (Fsp3) is 0.833. The van der Waals surface area contributed by atoms with Crippen molar-refractivity contribution in [2.45, 2.75) is 39.2 Å². The lowest BCUT2D eigenvalue weighted by atomic mass is 10.1. The van der Waals surface area contributed by atoms with Gasteiger partial charge in [-0.05, 0) is 26.7 Å². The van der Waals surface area contributed by atoms with Crippen LogP contribution in [0.2, 0.25) is 0 Å². The van der Waals surface area contributed by atoms with Gasteiger partial charge in [0.2, 0.25) is 5.91 Å². The van der Waals surface area contributed by atoms with Gasteiger partial charge in [0.1, 0.15) is 0 Å². The molecule has 1 atom stereocenters. The second kappa shape index (κ2) is 6.59. The van der Waals surface area contributed by atoms with Crippen LogP contribution in [0.15, 0.2) is 0 Å². The summed E-state index contributed by atoms with van der Waals surface area (Å²) < 4.78 is 5.35. The topological polar surface area (TPSA) is 66.8 Å². The Balaban J connectivity index is 2.19. The Labute approximate surface area is 102 Å². The minimum Gasteiger partial charge on any atom is -0.481 e. The second-order valence-electron chi connectivity index (χ2n) is 4.69. The fourth-order valence-electron chi connectivity index (χ4n) is 1.89. The minimum absolute atomic E-state index is 0.0427. The van der Waals surface area contributed by atoms with Gasteiger partial charge in [-0.25, -0.2) is 0 Å². The van der Waals surface area contributed by atoms with Crippen LogP contribution in [0.3, 0.4) is 0 Å². The third kappa shape index (κ3) is 4.73. The number of hydrogen-bond acceptors (Lipinski definition) is 3. The van der Waals surface area contributed by atoms with Crippen LogP contribution < -0.4 is 0 Å². The Hall–Kier alpha value is -1.10. The molecule has 0 saturated carbocycles. The van der Waals surface area contributed by atoms with E-state index in [0.717, 1.165) is 0 Å². The van der Waals surface area contributed by atoms with E-state index < -0.39 is 5.97 Å². The Morgan fingerprint density at radius 1 is 1.47 bits per heavy atom. The van der Waals surface area contributed by atoms with Crippen molar-refractivity contribution in [2.24, 2.45) is 5.92 Å². The molecule has 1 N–H and O–H groups in total. The van der Waals surface area contributed by atoms with Crippen LogP contribution in [0.4, 0.5) is 0 Å². The van der Waals surface area contributed by atoms with E-state index in [2.05, 4.69) is 0 Å². The van der Waals surface area contributed by atoms with E-state index in [1.165, 1.54) is 0 Å². The molecule has 0 aromatic rings. The molecule has 1 amide bonds. The van der Waals surface area contributed by atoms with Crippen molar-refractivity contribution in [1.82, 2.24) is 4.90 Å². The Morgan fingerprint density at radius 3 is 2.71 bits per heavy atom. The van der Waals surface area contributed by atoms with Crippen molar-refractivity contribution in [3.8, 4) is 0 Å². The summed E-state index contributed by atoms with van der Waals surface area (Å²) in [7, 11) is 0. The molecule has 17 heavy (non-hydrogen) atoms. The van der Waals surface area contributed by atoms with Crippen LogP contribution in [-0.2, 0) is 14.3 Å². The Morgan fingerprint density at radius 2 is 2.18 bits per heavy atom. The quantitative estimate of drug-likeness (QED) is 0.710. The SMILES string of the molecule is CC(C)OCCCC(=O)N1CCC(C(=O)O)C1. The first kappa shape index (κ1) is 14.0. The van der Waals surface area contributed by atoms with E-state index in [1.54, 1.807) is 4.90 Å². The van der Waals surface area contributed by atoms with Gasteiger partial charge in [0, 0.05) is 26.1 Å². The number of ether oxygens (including phenoxy) is 1. The molecule has 1 rings (SSSR count). The zero-order valence-electron chi connectivity index (χ0n) is 10.5. The van der Waals surface area contributed by atoms with Crippen molar-refractivity contribution >= 4 is 11.9 Å². The van der Waals surface area contributed by atoms with Crippen LogP contribution in [-0.4, -0.2) is 47.7 Å². The molecule has 0 spiro atoms. The smallest absolute Gasteiger partial charge is 0.308 e. The standard InChI is InChI=1S/C12H21NO4/c1-9(2)17-7-3-4-11(14)13-6-5-10(8-13)12(15)16/h9-10H,3-8H2,1-2H3,(H,15,16). The van der Waals surface area contributed by atoms with Crippen molar-refractivity contribution in [1.29, 1.82) is 0 Å². The summed E-state index contributed by atoms with van der Waals surface area (Å²) in [5.74, 6) is -1.14. The van der Waals surface area contributed by atoms with E-state index in [0.29, 0.717) is 39.0 Å². The molecule has 1 fully saturated rings. The number of carbonyl (C=O) groups excluding carboxylic acids is 1. The molecule has 0 aliphatic carbocycles. The number of nitrogens with zero attached hydrogens (tertiary/aromatic N) is 1. The molecule has 98 valence electrons. The van der Waals surface area contributed by atoms with Crippen molar-refractivity contribution < 1.29 is 19.4 Å². The van der Waals surface area contributed by atoms with Crippen LogP contribution in [0.5, 0.6) is 0 Å². The molecule has 0 aromatic heterocycles. The number of hydrogen-bond donors (Lipinski definition) is 1. The third-order valence-corrected chi connectivity index (χ3v) is 2.88. The van der Waals surface area contributed by atoms with E-state index in [1.807, 2.05) is 13.8 Å². The normalized spacial score (nSPS) is 19.9. The molecule has 1 aliphatic rings. The average molecular weight is 243 g/mol. The number of carboxylic acids is 1. The maximum Gasteiger partial charge on any atom is 0.308 e. The fourth-order valence-corrected chi connectivity index (χ4v) is 1.89. The van der Waals surface area contributed by atoms with E-state index in [4.69, 9.17) is 9.84 Å². The highest BCUT2D eigenvalue weighted by atomic mass is 16.5. The minimum atomic E-state index is -0.802. The summed E-state index contributed by atoms with van der Waals surface area (Å²) in [5.41, 5.74) is 0. The second-order valence-corrected chi connectivity index (χ2v) is 4.69. The summed E-state index contributed by atoms with van der Waals surface area (Å²) in [4.78, 5) is 24.1. The van der Waals surface area contributed by atoms with Gasteiger partial charge in [0.15, 0.2) is 0 Å². The highest BCUT2D eigenvalue weighted by Gasteiger charge is 2.30. The summed E-state index contributed by atoms with van der Waals surface area (Å²) in [6.45, 7) is 5.43. The van der Waals surface area contributed by atoms with E-state index >= 15 is 0 Å². The molecule has 0 bridgehead atoms. The van der Waals surface area contributed by atoms with Gasteiger partial charge in [-0.1, -0.05) is 0 Å². The van der Waals surface area contributed by atoms with E-state index in [9.17, 15) is 9.59 Å². The molecule has 5 heteroatoms. The first-order chi connectivity index (χ1) is 8.00. The zero-order chi connectivity index (χ0) is 12.8. The van der Waals surface area contributed by atoms with Gasteiger partial charge < -0.3 is 14.7 Å². The molecular weight excluding hydrogens is 222 g/mol. The third-order valence-electron chi connectivity index (χ3n) is 2.88. The van der Waals surface area contributed by atoms with Crippen molar-refractivity contribution in [3.05, 3.63) is 0 Å². The molecule has 1 unspecified atom stereocenters. The number of rotatable bonds is 6. The van der Waals surface area contributed by atoms with Crippen LogP contribution in [0.25, 0.3) is 0 Å². The van der Waals surface area contributed by atoms with Crippen molar-refractivity contribution in [2.75, 3.05) is 19.7 Å². The first-order valence-corrected chi connectivity index (χ1v) is 6.13. The predicted octanol–water partition coefficient (Wildman–Crippen LogP) is 1.12. The van der Waals surface area contributed by atoms with Crippen LogP contribution in [0, 0.1) is 5.92 Å². The van der Waals surface area contributed by atoms with Gasteiger partial charge >= 0.3 is 5.97 Å². The molecule has 1 heterocycles. The number of likely N-dealkylation sites (tertiary alicyclic amines) is 1. The maximum atomic E-state index is 11.7. The highest BCUT2D eigenvalue weighted by Crippen LogP contribution is 2.17. The molecule has 1 aliphatic heterocycles. The first-order valence-electron chi connectivity index (χ1n) is 6.13. The van der Waals surface area contributed by atoms with Crippen molar-refractivity contribution in [3.63, 3.8) is 0 Å². The molecule has 1 saturated heterocycles. The van der Waals surface area contributed by atoms with Gasteiger partial charge in [0.05, 0.1) is 12.0 Å². The number of carboxylic acid groups (broad SMARTS) is 1. The average Bonchev–Trinajstić information content (AvgIpc) is 2.73. The van der Waals surface area contributed by atoms with Gasteiger partial charge in [-0.15, -0.1) is 0 Å².